The predicted octanol–water partition coefficient (Wildman–Crippen LogP) is 6.92. The third kappa shape index (κ3) is 5.01. The second-order valence-electron chi connectivity index (χ2n) is 9.34. The van der Waals surface area contributed by atoms with Gasteiger partial charge in [-0.05, 0) is 62.6 Å². The van der Waals surface area contributed by atoms with Gasteiger partial charge in [-0.3, -0.25) is 4.79 Å². The standard InChI is InChI=1S/C29H27N3O3/c1-29(2,28(33)34)21-9-6-10-22(17-21)31-26-18-23(15-16-30-26)35-25-14-13-24(19-11-12-19)32-27(25)20-7-4-3-5-8-20/h3-10,13-19H,11-12H2,1-2H3,(H,30,31)(H,33,34). The van der Waals surface area contributed by atoms with Crippen LogP contribution in [0.25, 0.3) is 11.3 Å². The number of aromatic nitrogens is 2. The van der Waals surface area contributed by atoms with Crippen molar-refractivity contribution in [2.24, 2.45) is 0 Å². The molecule has 0 aliphatic heterocycles. The summed E-state index contributed by atoms with van der Waals surface area (Å²) < 4.78 is 6.29. The van der Waals surface area contributed by atoms with E-state index in [4.69, 9.17) is 9.72 Å². The molecule has 0 bridgehead atoms. The minimum Gasteiger partial charge on any atom is -0.481 e. The van der Waals surface area contributed by atoms with Gasteiger partial charge in [-0.1, -0.05) is 42.5 Å². The summed E-state index contributed by atoms with van der Waals surface area (Å²) in [5, 5.41) is 12.8. The van der Waals surface area contributed by atoms with Crippen LogP contribution in [-0.4, -0.2) is 21.0 Å². The van der Waals surface area contributed by atoms with Crippen LogP contribution in [0.5, 0.6) is 11.5 Å². The van der Waals surface area contributed by atoms with Gasteiger partial charge in [-0.2, -0.15) is 0 Å². The number of nitrogens with zero attached hydrogens (tertiary/aromatic N) is 2. The van der Waals surface area contributed by atoms with Gasteiger partial charge in [-0.25, -0.2) is 9.97 Å². The average Bonchev–Trinajstić information content (AvgIpc) is 3.71. The van der Waals surface area contributed by atoms with E-state index >= 15 is 0 Å². The Balaban J connectivity index is 1.40. The topological polar surface area (TPSA) is 84.3 Å². The molecule has 0 atom stereocenters. The molecule has 2 aromatic heterocycles. The Labute approximate surface area is 204 Å². The van der Waals surface area contributed by atoms with Crippen LogP contribution in [0.1, 0.15) is 43.9 Å². The van der Waals surface area contributed by atoms with Crippen molar-refractivity contribution in [1.29, 1.82) is 0 Å². The van der Waals surface area contributed by atoms with E-state index in [0.717, 1.165) is 22.6 Å². The highest BCUT2D eigenvalue weighted by molar-refractivity contribution is 5.81. The van der Waals surface area contributed by atoms with Crippen LogP contribution in [0, 0.1) is 0 Å². The highest BCUT2D eigenvalue weighted by Crippen LogP contribution is 2.42. The van der Waals surface area contributed by atoms with Crippen molar-refractivity contribution in [2.75, 3.05) is 5.32 Å². The summed E-state index contributed by atoms with van der Waals surface area (Å²) >= 11 is 0. The summed E-state index contributed by atoms with van der Waals surface area (Å²) in [5.41, 5.74) is 3.40. The molecule has 0 amide bonds. The maximum Gasteiger partial charge on any atom is 0.313 e. The maximum absolute atomic E-state index is 11.6. The molecule has 0 saturated heterocycles. The number of hydrogen-bond donors (Lipinski definition) is 2. The monoisotopic (exact) mass is 465 g/mol. The number of nitrogens with one attached hydrogen (secondary N) is 1. The smallest absolute Gasteiger partial charge is 0.313 e. The molecule has 0 spiro atoms. The Kier molecular flexibility index (Phi) is 5.95. The molecule has 2 heterocycles. The van der Waals surface area contributed by atoms with Crippen molar-refractivity contribution < 1.29 is 14.6 Å². The number of carboxylic acids is 1. The number of hydrogen-bond acceptors (Lipinski definition) is 5. The first-order valence-electron chi connectivity index (χ1n) is 11.7. The van der Waals surface area contributed by atoms with E-state index in [1.54, 1.807) is 26.1 Å². The fraction of sp³-hybridized carbons (Fsp3) is 0.207. The summed E-state index contributed by atoms with van der Waals surface area (Å²) in [7, 11) is 0. The summed E-state index contributed by atoms with van der Waals surface area (Å²) in [5.74, 6) is 1.58. The second-order valence-corrected chi connectivity index (χ2v) is 9.34. The van der Waals surface area contributed by atoms with Crippen LogP contribution in [0.2, 0.25) is 0 Å². The average molecular weight is 466 g/mol. The number of carboxylic acid groups (broad SMARTS) is 1. The van der Waals surface area contributed by atoms with Crippen LogP contribution in [-0.2, 0) is 10.2 Å². The highest BCUT2D eigenvalue weighted by atomic mass is 16.5. The molecule has 176 valence electrons. The first kappa shape index (κ1) is 22.6. The zero-order valence-corrected chi connectivity index (χ0v) is 19.7. The van der Waals surface area contributed by atoms with Gasteiger partial charge in [0.1, 0.15) is 17.3 Å². The third-order valence-electron chi connectivity index (χ3n) is 6.27. The molecular formula is C29H27N3O3. The van der Waals surface area contributed by atoms with E-state index in [1.807, 2.05) is 66.7 Å². The Morgan fingerprint density at radius 1 is 1.00 bits per heavy atom. The van der Waals surface area contributed by atoms with Gasteiger partial charge in [0.25, 0.3) is 0 Å². The van der Waals surface area contributed by atoms with Gasteiger partial charge in [0.2, 0.25) is 0 Å². The number of pyridine rings is 2. The summed E-state index contributed by atoms with van der Waals surface area (Å²) in [6, 6.07) is 25.1. The number of ether oxygens (including phenoxy) is 1. The zero-order chi connectivity index (χ0) is 24.4. The number of aliphatic carboxylic acids is 1. The molecule has 1 fully saturated rings. The van der Waals surface area contributed by atoms with Gasteiger partial charge in [0.15, 0.2) is 5.75 Å². The minimum atomic E-state index is -0.996. The predicted molar refractivity (Wildman–Crippen MR) is 136 cm³/mol. The molecule has 6 nitrogen and oxygen atoms in total. The largest absolute Gasteiger partial charge is 0.481 e. The van der Waals surface area contributed by atoms with Gasteiger partial charge in [0, 0.05) is 35.1 Å². The number of rotatable bonds is 8. The lowest BCUT2D eigenvalue weighted by Gasteiger charge is -2.20. The zero-order valence-electron chi connectivity index (χ0n) is 19.7. The van der Waals surface area contributed by atoms with Crippen LogP contribution >= 0.6 is 0 Å². The fourth-order valence-electron chi connectivity index (χ4n) is 3.88. The Bertz CT molecular complexity index is 1360. The first-order chi connectivity index (χ1) is 16.9. The quantitative estimate of drug-likeness (QED) is 0.294. The molecule has 1 aliphatic carbocycles. The Hall–Kier alpha value is -4.19. The van der Waals surface area contributed by atoms with Crippen LogP contribution in [0.3, 0.4) is 0 Å². The second kappa shape index (κ2) is 9.22. The van der Waals surface area contributed by atoms with Gasteiger partial charge in [0.05, 0.1) is 5.41 Å². The lowest BCUT2D eigenvalue weighted by atomic mass is 9.84. The molecule has 1 aliphatic rings. The van der Waals surface area contributed by atoms with E-state index in [0.29, 0.717) is 28.8 Å². The molecular weight excluding hydrogens is 438 g/mol. The van der Waals surface area contributed by atoms with Crippen LogP contribution in [0.4, 0.5) is 11.5 Å². The van der Waals surface area contributed by atoms with Crippen molar-refractivity contribution >= 4 is 17.5 Å². The molecule has 2 aromatic carbocycles. The molecule has 2 N–H and O–H groups in total. The van der Waals surface area contributed by atoms with E-state index in [2.05, 4.69) is 16.4 Å². The van der Waals surface area contributed by atoms with Crippen molar-refractivity contribution in [1.82, 2.24) is 9.97 Å². The molecule has 35 heavy (non-hydrogen) atoms. The first-order valence-corrected chi connectivity index (χ1v) is 11.7. The number of carbonyl (C=O) groups is 1. The van der Waals surface area contributed by atoms with Crippen molar-refractivity contribution in [3.63, 3.8) is 0 Å². The molecule has 0 unspecified atom stereocenters. The van der Waals surface area contributed by atoms with Crippen molar-refractivity contribution in [3.8, 4) is 22.8 Å². The lowest BCUT2D eigenvalue weighted by Crippen LogP contribution is -2.28. The highest BCUT2D eigenvalue weighted by Gasteiger charge is 2.29. The number of anilines is 2. The SMILES string of the molecule is CC(C)(C(=O)O)c1cccc(Nc2cc(Oc3ccc(C4CC4)nc3-c3ccccc3)ccn2)c1. The molecule has 1 saturated carbocycles. The summed E-state index contributed by atoms with van der Waals surface area (Å²) in [4.78, 5) is 21.0. The van der Waals surface area contributed by atoms with E-state index < -0.39 is 11.4 Å². The Morgan fingerprint density at radius 2 is 1.80 bits per heavy atom. The molecule has 6 heteroatoms. The summed E-state index contributed by atoms with van der Waals surface area (Å²) in [6.07, 6.45) is 4.05. The van der Waals surface area contributed by atoms with E-state index in [-0.39, 0.29) is 0 Å². The lowest BCUT2D eigenvalue weighted by molar-refractivity contribution is -0.142. The minimum absolute atomic E-state index is 0.546. The number of benzene rings is 2. The van der Waals surface area contributed by atoms with Gasteiger partial charge < -0.3 is 15.2 Å². The fourth-order valence-corrected chi connectivity index (χ4v) is 3.88. The maximum atomic E-state index is 11.6. The van der Waals surface area contributed by atoms with E-state index in [9.17, 15) is 9.90 Å². The third-order valence-corrected chi connectivity index (χ3v) is 6.27. The summed E-state index contributed by atoms with van der Waals surface area (Å²) in [6.45, 7) is 3.38. The molecule has 5 rings (SSSR count). The van der Waals surface area contributed by atoms with Crippen molar-refractivity contribution in [2.45, 2.75) is 38.0 Å². The Morgan fingerprint density at radius 3 is 2.54 bits per heavy atom. The van der Waals surface area contributed by atoms with Gasteiger partial charge in [-0.15, -0.1) is 0 Å². The van der Waals surface area contributed by atoms with Crippen molar-refractivity contribution in [3.05, 3.63) is 96.3 Å². The normalized spacial score (nSPS) is 13.3. The van der Waals surface area contributed by atoms with Crippen LogP contribution in [0.15, 0.2) is 85.1 Å². The van der Waals surface area contributed by atoms with E-state index in [1.165, 1.54) is 12.8 Å². The van der Waals surface area contributed by atoms with Gasteiger partial charge >= 0.3 is 5.97 Å². The molecule has 0 radical (unpaired) electrons. The van der Waals surface area contributed by atoms with Crippen LogP contribution < -0.4 is 10.1 Å². The molecule has 4 aromatic rings.